The second kappa shape index (κ2) is 8.17. The second-order valence-corrected chi connectivity index (χ2v) is 9.14. The molecule has 3 aromatic rings. The van der Waals surface area contributed by atoms with Gasteiger partial charge in [0.1, 0.15) is 11.0 Å². The Labute approximate surface area is 177 Å². The lowest BCUT2D eigenvalue weighted by Gasteiger charge is -2.32. The molecule has 1 N–H and O–H groups in total. The molecule has 0 unspecified atom stereocenters. The van der Waals surface area contributed by atoms with Gasteiger partial charge in [-0.2, -0.15) is 0 Å². The highest BCUT2D eigenvalue weighted by molar-refractivity contribution is 7.15. The number of rotatable bonds is 4. The fourth-order valence-corrected chi connectivity index (χ4v) is 4.85. The van der Waals surface area contributed by atoms with E-state index in [1.54, 1.807) is 16.8 Å². The molecule has 1 atom stereocenters. The van der Waals surface area contributed by atoms with Crippen LogP contribution in [0.3, 0.4) is 0 Å². The van der Waals surface area contributed by atoms with E-state index in [1.807, 2.05) is 37.8 Å². The Hall–Kier alpha value is -2.36. The number of aryl methyl sites for hydroxylation is 4. The molecule has 1 amide bonds. The van der Waals surface area contributed by atoms with Crippen LogP contribution in [0.4, 0.5) is 10.8 Å². The molecule has 0 aliphatic carbocycles. The zero-order chi connectivity index (χ0) is 20.5. The number of aromatic nitrogens is 3. The summed E-state index contributed by atoms with van der Waals surface area (Å²) in [6, 6.07) is 3.97. The Morgan fingerprint density at radius 3 is 2.72 bits per heavy atom. The molecule has 3 aromatic heterocycles. The summed E-state index contributed by atoms with van der Waals surface area (Å²) < 4.78 is 5.97. The van der Waals surface area contributed by atoms with Crippen molar-refractivity contribution in [3.63, 3.8) is 0 Å². The first kappa shape index (κ1) is 19.9. The molecule has 0 spiro atoms. The van der Waals surface area contributed by atoms with Crippen LogP contribution in [-0.4, -0.2) is 45.5 Å². The van der Waals surface area contributed by atoms with E-state index in [0.29, 0.717) is 24.6 Å². The fourth-order valence-electron chi connectivity index (χ4n) is 3.24. The minimum absolute atomic E-state index is 0.0121. The maximum atomic E-state index is 12.9. The number of thiazole rings is 2. The Bertz CT molecular complexity index is 1030. The third kappa shape index (κ3) is 4.31. The zero-order valence-corrected chi connectivity index (χ0v) is 18.5. The van der Waals surface area contributed by atoms with Gasteiger partial charge < -0.3 is 15.0 Å². The normalized spacial score (nSPS) is 16.8. The second-order valence-electron chi connectivity index (χ2n) is 7.09. The van der Waals surface area contributed by atoms with E-state index in [4.69, 9.17) is 4.74 Å². The fraction of sp³-hybridized carbons (Fsp3) is 0.400. The first-order valence-electron chi connectivity index (χ1n) is 9.41. The van der Waals surface area contributed by atoms with Crippen LogP contribution in [-0.2, 0) is 4.74 Å². The van der Waals surface area contributed by atoms with E-state index in [9.17, 15) is 4.79 Å². The number of hydrogen-bond acceptors (Lipinski definition) is 8. The molecule has 1 aliphatic heterocycles. The van der Waals surface area contributed by atoms with Crippen molar-refractivity contribution in [2.24, 2.45) is 0 Å². The summed E-state index contributed by atoms with van der Waals surface area (Å²) in [6.07, 6.45) is -0.263. The number of ether oxygens (including phenoxy) is 1. The van der Waals surface area contributed by atoms with Gasteiger partial charge in [-0.15, -0.1) is 22.7 Å². The number of anilines is 2. The summed E-state index contributed by atoms with van der Waals surface area (Å²) in [5.74, 6) is 0.0121. The van der Waals surface area contributed by atoms with Crippen LogP contribution in [0, 0.1) is 27.7 Å². The van der Waals surface area contributed by atoms with Crippen LogP contribution < -0.4 is 5.32 Å². The monoisotopic (exact) mass is 429 g/mol. The van der Waals surface area contributed by atoms with Crippen molar-refractivity contribution in [2.75, 3.05) is 25.0 Å². The smallest absolute Gasteiger partial charge is 0.266 e. The lowest BCUT2D eigenvalue weighted by molar-refractivity contribution is -0.0246. The van der Waals surface area contributed by atoms with Crippen molar-refractivity contribution in [3.05, 3.63) is 50.2 Å². The van der Waals surface area contributed by atoms with Gasteiger partial charge in [-0.05, 0) is 39.8 Å². The quantitative estimate of drug-likeness (QED) is 0.670. The Balaban J connectivity index is 1.53. The molecule has 29 heavy (non-hydrogen) atoms. The van der Waals surface area contributed by atoms with Crippen LogP contribution in [0.25, 0.3) is 0 Å². The van der Waals surface area contributed by atoms with Crippen LogP contribution in [0.1, 0.15) is 43.4 Å². The van der Waals surface area contributed by atoms with Gasteiger partial charge in [0.25, 0.3) is 5.91 Å². The maximum Gasteiger partial charge on any atom is 0.266 e. The summed E-state index contributed by atoms with van der Waals surface area (Å²) in [5.41, 5.74) is 6.15. The van der Waals surface area contributed by atoms with Gasteiger partial charge in [-0.25, -0.2) is 9.97 Å². The highest BCUT2D eigenvalue weighted by atomic mass is 32.1. The average molecular weight is 430 g/mol. The number of nitrogens with one attached hydrogen (secondary N) is 1. The summed E-state index contributed by atoms with van der Waals surface area (Å²) >= 11 is 3.01. The molecular weight excluding hydrogens is 406 g/mol. The summed E-state index contributed by atoms with van der Waals surface area (Å²) in [6.45, 7) is 9.42. The standard InChI is InChI=1S/C20H23N5O2S2/c1-11-7-15(24-20-23-12(2)14(4)29-20)8-16(22-11)17-9-25(5-6-27-17)19(26)18-13(3)21-10-28-18/h7-8,10,17H,5-6,9H2,1-4H3,(H,22,23,24)/t17-/m1/s1. The number of nitrogens with zero attached hydrogens (tertiary/aromatic N) is 4. The molecule has 0 radical (unpaired) electrons. The molecule has 0 saturated carbocycles. The molecule has 1 aliphatic rings. The average Bonchev–Trinajstić information content (AvgIpc) is 3.25. The van der Waals surface area contributed by atoms with Gasteiger partial charge in [0.05, 0.1) is 35.7 Å². The van der Waals surface area contributed by atoms with E-state index >= 15 is 0 Å². The van der Waals surface area contributed by atoms with Crippen molar-refractivity contribution >= 4 is 39.4 Å². The van der Waals surface area contributed by atoms with Crippen LogP contribution in [0.5, 0.6) is 0 Å². The number of carbonyl (C=O) groups excluding carboxylic acids is 1. The molecule has 152 valence electrons. The minimum atomic E-state index is -0.263. The van der Waals surface area contributed by atoms with E-state index < -0.39 is 0 Å². The minimum Gasteiger partial charge on any atom is -0.368 e. The maximum absolute atomic E-state index is 12.9. The molecule has 9 heteroatoms. The third-order valence-corrected chi connectivity index (χ3v) is 6.78. The molecular formula is C20H23N5O2S2. The molecule has 1 fully saturated rings. The third-order valence-electron chi connectivity index (χ3n) is 4.88. The molecule has 4 rings (SSSR count). The van der Waals surface area contributed by atoms with Gasteiger partial charge >= 0.3 is 0 Å². The lowest BCUT2D eigenvalue weighted by atomic mass is 10.1. The molecule has 4 heterocycles. The van der Waals surface area contributed by atoms with Crippen LogP contribution in [0.15, 0.2) is 17.6 Å². The Kier molecular flexibility index (Phi) is 5.62. The molecule has 1 saturated heterocycles. The number of morpholine rings is 1. The predicted octanol–water partition coefficient (Wildman–Crippen LogP) is 4.19. The summed E-state index contributed by atoms with van der Waals surface area (Å²) in [4.78, 5) is 30.0. The summed E-state index contributed by atoms with van der Waals surface area (Å²) in [7, 11) is 0. The number of amides is 1. The van der Waals surface area contributed by atoms with Gasteiger partial charge in [0, 0.05) is 22.8 Å². The highest BCUT2D eigenvalue weighted by Gasteiger charge is 2.29. The Morgan fingerprint density at radius 2 is 2.03 bits per heavy atom. The molecule has 0 aromatic carbocycles. The first-order chi connectivity index (χ1) is 13.9. The van der Waals surface area contributed by atoms with E-state index in [1.165, 1.54) is 16.2 Å². The van der Waals surface area contributed by atoms with Gasteiger partial charge in [0.15, 0.2) is 5.13 Å². The van der Waals surface area contributed by atoms with Crippen molar-refractivity contribution in [3.8, 4) is 0 Å². The van der Waals surface area contributed by atoms with Crippen molar-refractivity contribution in [1.82, 2.24) is 19.9 Å². The van der Waals surface area contributed by atoms with Crippen LogP contribution >= 0.6 is 22.7 Å². The van der Waals surface area contributed by atoms with E-state index in [-0.39, 0.29) is 12.0 Å². The van der Waals surface area contributed by atoms with Crippen molar-refractivity contribution < 1.29 is 9.53 Å². The zero-order valence-electron chi connectivity index (χ0n) is 16.9. The highest BCUT2D eigenvalue weighted by Crippen LogP contribution is 2.29. The van der Waals surface area contributed by atoms with Gasteiger partial charge in [-0.3, -0.25) is 9.78 Å². The summed E-state index contributed by atoms with van der Waals surface area (Å²) in [5, 5.41) is 4.23. The first-order valence-corrected chi connectivity index (χ1v) is 11.1. The SMILES string of the molecule is Cc1cc(Nc2nc(C)c(C)s2)cc([C@H]2CN(C(=O)c3scnc3C)CCO2)n1. The van der Waals surface area contributed by atoms with Crippen LogP contribution in [0.2, 0.25) is 0 Å². The van der Waals surface area contributed by atoms with Crippen molar-refractivity contribution in [2.45, 2.75) is 33.8 Å². The molecule has 7 nitrogen and oxygen atoms in total. The topological polar surface area (TPSA) is 80.2 Å². The Morgan fingerprint density at radius 1 is 1.21 bits per heavy atom. The van der Waals surface area contributed by atoms with Gasteiger partial charge in [-0.1, -0.05) is 0 Å². The lowest BCUT2D eigenvalue weighted by Crippen LogP contribution is -2.42. The van der Waals surface area contributed by atoms with E-state index in [0.717, 1.165) is 33.6 Å². The number of carbonyl (C=O) groups is 1. The number of pyridine rings is 1. The largest absolute Gasteiger partial charge is 0.368 e. The molecule has 0 bridgehead atoms. The predicted molar refractivity (Wildman–Crippen MR) is 115 cm³/mol. The van der Waals surface area contributed by atoms with Crippen molar-refractivity contribution in [1.29, 1.82) is 0 Å². The van der Waals surface area contributed by atoms with E-state index in [2.05, 4.69) is 27.2 Å². The number of hydrogen-bond donors (Lipinski definition) is 1. The van der Waals surface area contributed by atoms with Gasteiger partial charge in [0.2, 0.25) is 0 Å².